The Morgan fingerprint density at radius 1 is 1.16 bits per heavy atom. The van der Waals surface area contributed by atoms with Crippen LogP contribution < -0.4 is 4.74 Å². The molecule has 0 spiro atoms. The standard InChI is InChI=1S/C14H11ClF2O2/c1-8-2-3-10(15)6-13(8)19-14-11(16)4-9(7-18)5-12(14)17/h2-6,18H,7H2,1H3. The molecular weight excluding hydrogens is 274 g/mol. The molecular formula is C14H11ClF2O2. The molecule has 0 radical (unpaired) electrons. The predicted molar refractivity (Wildman–Crippen MR) is 68.5 cm³/mol. The van der Waals surface area contributed by atoms with E-state index in [0.29, 0.717) is 10.6 Å². The van der Waals surface area contributed by atoms with Crippen molar-refractivity contribution in [2.75, 3.05) is 0 Å². The van der Waals surface area contributed by atoms with Gasteiger partial charge in [-0.05, 0) is 42.3 Å². The van der Waals surface area contributed by atoms with Crippen molar-refractivity contribution < 1.29 is 18.6 Å². The Bertz CT molecular complexity index is 591. The summed E-state index contributed by atoms with van der Waals surface area (Å²) in [6.45, 7) is 1.30. The van der Waals surface area contributed by atoms with E-state index in [4.69, 9.17) is 21.4 Å². The first-order chi connectivity index (χ1) is 9.01. The van der Waals surface area contributed by atoms with Crippen LogP contribution >= 0.6 is 11.6 Å². The lowest BCUT2D eigenvalue weighted by molar-refractivity contribution is 0.279. The summed E-state index contributed by atoms with van der Waals surface area (Å²) in [6.07, 6.45) is 0. The van der Waals surface area contributed by atoms with Crippen LogP contribution in [0.1, 0.15) is 11.1 Å². The molecule has 0 aliphatic rings. The van der Waals surface area contributed by atoms with Gasteiger partial charge < -0.3 is 9.84 Å². The number of benzene rings is 2. The SMILES string of the molecule is Cc1ccc(Cl)cc1Oc1c(F)cc(CO)cc1F. The highest BCUT2D eigenvalue weighted by Crippen LogP contribution is 2.32. The average molecular weight is 285 g/mol. The van der Waals surface area contributed by atoms with Gasteiger partial charge in [-0.1, -0.05) is 17.7 Å². The van der Waals surface area contributed by atoms with E-state index >= 15 is 0 Å². The summed E-state index contributed by atoms with van der Waals surface area (Å²) < 4.78 is 32.6. The lowest BCUT2D eigenvalue weighted by Gasteiger charge is -2.11. The third kappa shape index (κ3) is 3.03. The molecule has 2 rings (SSSR count). The van der Waals surface area contributed by atoms with Crippen molar-refractivity contribution in [3.05, 3.63) is 58.1 Å². The maximum Gasteiger partial charge on any atom is 0.198 e. The molecule has 0 aromatic heterocycles. The van der Waals surface area contributed by atoms with Crippen LogP contribution in [0.15, 0.2) is 30.3 Å². The first-order valence-corrected chi connectivity index (χ1v) is 5.92. The van der Waals surface area contributed by atoms with Crippen LogP contribution in [0.5, 0.6) is 11.5 Å². The quantitative estimate of drug-likeness (QED) is 0.915. The van der Waals surface area contributed by atoms with E-state index in [1.807, 2.05) is 0 Å². The van der Waals surface area contributed by atoms with Crippen molar-refractivity contribution in [1.29, 1.82) is 0 Å². The summed E-state index contributed by atoms with van der Waals surface area (Å²) in [6, 6.07) is 6.88. The van der Waals surface area contributed by atoms with Gasteiger partial charge in [0, 0.05) is 5.02 Å². The maximum atomic E-state index is 13.7. The molecule has 1 N–H and O–H groups in total. The van der Waals surface area contributed by atoms with Crippen LogP contribution in [0.25, 0.3) is 0 Å². The Kier molecular flexibility index (Phi) is 4.02. The van der Waals surface area contributed by atoms with Gasteiger partial charge in [0.05, 0.1) is 6.61 Å². The van der Waals surface area contributed by atoms with E-state index in [9.17, 15) is 8.78 Å². The summed E-state index contributed by atoms with van der Waals surface area (Å²) in [5, 5.41) is 9.27. The zero-order valence-corrected chi connectivity index (χ0v) is 10.8. The van der Waals surface area contributed by atoms with E-state index < -0.39 is 24.0 Å². The summed E-state index contributed by atoms with van der Waals surface area (Å²) in [5.41, 5.74) is 0.847. The first kappa shape index (κ1) is 13.8. The van der Waals surface area contributed by atoms with Gasteiger partial charge in [0.25, 0.3) is 0 Å². The number of halogens is 3. The second-order valence-electron chi connectivity index (χ2n) is 4.06. The molecule has 0 unspecified atom stereocenters. The minimum absolute atomic E-state index is 0.144. The normalized spacial score (nSPS) is 10.6. The fraction of sp³-hybridized carbons (Fsp3) is 0.143. The van der Waals surface area contributed by atoms with Gasteiger partial charge in [-0.2, -0.15) is 0 Å². The topological polar surface area (TPSA) is 29.5 Å². The van der Waals surface area contributed by atoms with Gasteiger partial charge in [-0.25, -0.2) is 8.78 Å². The van der Waals surface area contributed by atoms with E-state index in [2.05, 4.69) is 0 Å². The Labute approximate surface area is 114 Å². The van der Waals surface area contributed by atoms with Crippen molar-refractivity contribution in [3.63, 3.8) is 0 Å². The number of rotatable bonds is 3. The van der Waals surface area contributed by atoms with Crippen LogP contribution in [-0.4, -0.2) is 5.11 Å². The monoisotopic (exact) mass is 284 g/mol. The highest BCUT2D eigenvalue weighted by Gasteiger charge is 2.14. The zero-order chi connectivity index (χ0) is 14.0. The molecule has 0 amide bonds. The summed E-state index contributed by atoms with van der Waals surface area (Å²) in [5.74, 6) is -1.98. The number of aliphatic hydroxyl groups is 1. The third-order valence-electron chi connectivity index (χ3n) is 2.60. The van der Waals surface area contributed by atoms with Gasteiger partial charge in [0.2, 0.25) is 0 Å². The van der Waals surface area contributed by atoms with E-state index in [-0.39, 0.29) is 11.3 Å². The minimum atomic E-state index is -0.872. The molecule has 2 aromatic carbocycles. The minimum Gasteiger partial charge on any atom is -0.451 e. The highest BCUT2D eigenvalue weighted by atomic mass is 35.5. The lowest BCUT2D eigenvalue weighted by Crippen LogP contribution is -1.97. The molecule has 100 valence electrons. The molecule has 2 nitrogen and oxygen atoms in total. The van der Waals surface area contributed by atoms with Crippen molar-refractivity contribution in [1.82, 2.24) is 0 Å². The smallest absolute Gasteiger partial charge is 0.198 e. The Balaban J connectivity index is 2.41. The largest absolute Gasteiger partial charge is 0.451 e. The fourth-order valence-electron chi connectivity index (χ4n) is 1.60. The molecule has 0 heterocycles. The van der Waals surface area contributed by atoms with Gasteiger partial charge >= 0.3 is 0 Å². The average Bonchev–Trinajstić information content (AvgIpc) is 2.37. The van der Waals surface area contributed by atoms with Gasteiger partial charge in [-0.3, -0.25) is 0 Å². The molecule has 2 aromatic rings. The van der Waals surface area contributed by atoms with Crippen molar-refractivity contribution in [2.45, 2.75) is 13.5 Å². The van der Waals surface area contributed by atoms with Crippen molar-refractivity contribution >= 4 is 11.6 Å². The second-order valence-corrected chi connectivity index (χ2v) is 4.50. The van der Waals surface area contributed by atoms with Crippen molar-refractivity contribution in [3.8, 4) is 11.5 Å². The van der Waals surface area contributed by atoms with Crippen LogP contribution in [-0.2, 0) is 6.61 Å². The van der Waals surface area contributed by atoms with Gasteiger partial charge in [-0.15, -0.1) is 0 Å². The van der Waals surface area contributed by atoms with Crippen LogP contribution in [0.2, 0.25) is 5.02 Å². The Morgan fingerprint density at radius 3 is 2.37 bits per heavy atom. The van der Waals surface area contributed by atoms with Crippen LogP contribution in [0, 0.1) is 18.6 Å². The van der Waals surface area contributed by atoms with Crippen molar-refractivity contribution in [2.24, 2.45) is 0 Å². The second kappa shape index (κ2) is 5.55. The summed E-state index contributed by atoms with van der Waals surface area (Å²) in [7, 11) is 0. The molecule has 0 aliphatic heterocycles. The summed E-state index contributed by atoms with van der Waals surface area (Å²) >= 11 is 5.81. The van der Waals surface area contributed by atoms with E-state index in [1.165, 1.54) is 6.07 Å². The Morgan fingerprint density at radius 2 is 1.79 bits per heavy atom. The third-order valence-corrected chi connectivity index (χ3v) is 2.84. The zero-order valence-electron chi connectivity index (χ0n) is 10.1. The molecule has 0 saturated carbocycles. The molecule has 0 bridgehead atoms. The molecule has 0 aliphatic carbocycles. The fourth-order valence-corrected chi connectivity index (χ4v) is 1.76. The number of hydrogen-bond donors (Lipinski definition) is 1. The maximum absolute atomic E-state index is 13.7. The molecule has 0 fully saturated rings. The van der Waals surface area contributed by atoms with Crippen LogP contribution in [0.4, 0.5) is 8.78 Å². The van der Waals surface area contributed by atoms with Gasteiger partial charge in [0.15, 0.2) is 17.4 Å². The van der Waals surface area contributed by atoms with Gasteiger partial charge in [0.1, 0.15) is 5.75 Å². The van der Waals surface area contributed by atoms with Crippen LogP contribution in [0.3, 0.4) is 0 Å². The molecule has 0 saturated heterocycles. The number of ether oxygens (including phenoxy) is 1. The molecule has 0 atom stereocenters. The van der Waals surface area contributed by atoms with E-state index in [1.54, 1.807) is 19.1 Å². The highest BCUT2D eigenvalue weighted by molar-refractivity contribution is 6.30. The Hall–Kier alpha value is -1.65. The predicted octanol–water partition coefficient (Wildman–Crippen LogP) is 4.21. The number of hydrogen-bond acceptors (Lipinski definition) is 2. The number of aliphatic hydroxyl groups excluding tert-OH is 1. The van der Waals surface area contributed by atoms with E-state index in [0.717, 1.165) is 12.1 Å². The molecule has 19 heavy (non-hydrogen) atoms. The number of aryl methyl sites for hydroxylation is 1. The summed E-state index contributed by atoms with van der Waals surface area (Å²) in [4.78, 5) is 0. The molecule has 5 heteroatoms. The first-order valence-electron chi connectivity index (χ1n) is 5.54. The lowest BCUT2D eigenvalue weighted by atomic mass is 10.2.